The highest BCUT2D eigenvalue weighted by Crippen LogP contribution is 2.17. The highest BCUT2D eigenvalue weighted by Gasteiger charge is 2.11. The van der Waals surface area contributed by atoms with Crippen LogP contribution in [0, 0.1) is 12.8 Å². The molecule has 0 fully saturated rings. The third-order valence-electron chi connectivity index (χ3n) is 3.90. The quantitative estimate of drug-likeness (QED) is 0.619. The lowest BCUT2D eigenvalue weighted by Crippen LogP contribution is -2.27. The molecule has 142 valence electrons. The first-order valence-electron chi connectivity index (χ1n) is 8.57. The van der Waals surface area contributed by atoms with Crippen LogP contribution in [0.1, 0.15) is 29.3 Å². The molecule has 2 unspecified atom stereocenters. The average Bonchev–Trinajstić information content (AvgIpc) is 3.07. The summed E-state index contributed by atoms with van der Waals surface area (Å²) in [7, 11) is 1.33. The average molecular weight is 378 g/mol. The van der Waals surface area contributed by atoms with Gasteiger partial charge in [-0.15, -0.1) is 11.3 Å². The smallest absolute Gasteiger partial charge is 0.343 e. The summed E-state index contributed by atoms with van der Waals surface area (Å²) in [5, 5.41) is 16.3. The number of hydrogen-bond donors (Lipinski definition) is 2. The molecule has 0 aliphatic carbocycles. The molecule has 26 heavy (non-hydrogen) atoms. The number of hydrogen-bond acceptors (Lipinski definition) is 7. The van der Waals surface area contributed by atoms with Crippen molar-refractivity contribution in [2.75, 3.05) is 26.8 Å². The molecule has 0 spiro atoms. The van der Waals surface area contributed by atoms with Gasteiger partial charge in [0.15, 0.2) is 6.61 Å². The van der Waals surface area contributed by atoms with Crippen LogP contribution in [-0.4, -0.2) is 42.9 Å². The Hall–Kier alpha value is -1.96. The number of aliphatic hydroxyl groups excluding tert-OH is 1. The molecule has 0 saturated carbocycles. The van der Waals surface area contributed by atoms with Crippen LogP contribution in [0.4, 0.5) is 0 Å². The summed E-state index contributed by atoms with van der Waals surface area (Å²) in [5.74, 6) is 0.664. The van der Waals surface area contributed by atoms with Crippen molar-refractivity contribution in [2.24, 2.45) is 5.92 Å². The fourth-order valence-electron chi connectivity index (χ4n) is 2.50. The number of aryl methyl sites for hydroxylation is 1. The number of esters is 1. The number of methoxy groups -OCH3 is 1. The second-order valence-electron chi connectivity index (χ2n) is 6.28. The third kappa shape index (κ3) is 6.74. The number of benzene rings is 1. The van der Waals surface area contributed by atoms with Crippen molar-refractivity contribution in [1.82, 2.24) is 10.3 Å². The maximum Gasteiger partial charge on any atom is 0.343 e. The first kappa shape index (κ1) is 20.4. The summed E-state index contributed by atoms with van der Waals surface area (Å²) in [5.41, 5.74) is 1.93. The Bertz CT molecular complexity index is 687. The molecule has 2 N–H and O–H groups in total. The molecule has 1 aromatic carbocycles. The minimum absolute atomic E-state index is 0.0863. The standard InChI is InChI=1S/C19H26N2O4S/c1-13(9-20-10-18(22)17-12-26-14(2)21-17)8-15-4-6-16(7-5-15)25-11-19(23)24-3/h4-7,12-13,18,20,22H,8-11H2,1-3H3. The first-order valence-corrected chi connectivity index (χ1v) is 9.45. The molecule has 6 nitrogen and oxygen atoms in total. The van der Waals surface area contributed by atoms with Gasteiger partial charge in [0.25, 0.3) is 0 Å². The third-order valence-corrected chi connectivity index (χ3v) is 4.69. The number of carbonyl (C=O) groups excluding carboxylic acids is 1. The number of aliphatic hydroxyl groups is 1. The Morgan fingerprint density at radius 1 is 1.31 bits per heavy atom. The Kier molecular flexibility index (Phi) is 8.03. The van der Waals surface area contributed by atoms with E-state index in [9.17, 15) is 9.90 Å². The summed E-state index contributed by atoms with van der Waals surface area (Å²) in [6.45, 7) is 5.31. The molecule has 2 atom stereocenters. The van der Waals surface area contributed by atoms with E-state index in [1.807, 2.05) is 36.6 Å². The van der Waals surface area contributed by atoms with Crippen molar-refractivity contribution in [3.05, 3.63) is 45.9 Å². The normalized spacial score (nSPS) is 13.2. The van der Waals surface area contributed by atoms with E-state index in [1.54, 1.807) is 11.3 Å². The van der Waals surface area contributed by atoms with Gasteiger partial charge in [-0.25, -0.2) is 9.78 Å². The zero-order valence-corrected chi connectivity index (χ0v) is 16.2. The molecule has 2 rings (SSSR count). The molecule has 0 saturated heterocycles. The van der Waals surface area contributed by atoms with Crippen molar-refractivity contribution >= 4 is 17.3 Å². The molecule has 7 heteroatoms. The van der Waals surface area contributed by atoms with Crippen LogP contribution in [-0.2, 0) is 16.0 Å². The van der Waals surface area contributed by atoms with Gasteiger partial charge in [-0.05, 0) is 43.5 Å². The van der Waals surface area contributed by atoms with E-state index >= 15 is 0 Å². The summed E-state index contributed by atoms with van der Waals surface area (Å²) in [6, 6.07) is 7.70. The predicted molar refractivity (Wildman–Crippen MR) is 102 cm³/mol. The van der Waals surface area contributed by atoms with E-state index in [2.05, 4.69) is 22.0 Å². The second kappa shape index (κ2) is 10.3. The largest absolute Gasteiger partial charge is 0.482 e. The van der Waals surface area contributed by atoms with Crippen molar-refractivity contribution in [1.29, 1.82) is 0 Å². The van der Waals surface area contributed by atoms with E-state index < -0.39 is 12.1 Å². The maximum absolute atomic E-state index is 11.1. The molecule has 0 aliphatic heterocycles. The molecule has 0 radical (unpaired) electrons. The van der Waals surface area contributed by atoms with Gasteiger partial charge in [0.05, 0.1) is 17.8 Å². The molecule has 1 aromatic heterocycles. The monoisotopic (exact) mass is 378 g/mol. The summed E-state index contributed by atoms with van der Waals surface area (Å²) in [6.07, 6.45) is 0.342. The van der Waals surface area contributed by atoms with E-state index in [0.29, 0.717) is 18.2 Å². The lowest BCUT2D eigenvalue weighted by atomic mass is 10.0. The van der Waals surface area contributed by atoms with Crippen molar-refractivity contribution in [3.8, 4) is 5.75 Å². The Labute approximate surface area is 158 Å². The van der Waals surface area contributed by atoms with Gasteiger partial charge in [0, 0.05) is 11.9 Å². The number of nitrogens with one attached hydrogen (secondary N) is 1. The van der Waals surface area contributed by atoms with Crippen molar-refractivity contribution < 1.29 is 19.4 Å². The molecular weight excluding hydrogens is 352 g/mol. The Morgan fingerprint density at radius 2 is 2.04 bits per heavy atom. The lowest BCUT2D eigenvalue weighted by molar-refractivity contribution is -0.142. The predicted octanol–water partition coefficient (Wildman–Crippen LogP) is 2.51. The zero-order chi connectivity index (χ0) is 18.9. The summed E-state index contributed by atoms with van der Waals surface area (Å²) >= 11 is 1.55. The molecule has 0 bridgehead atoms. The number of rotatable bonds is 10. The van der Waals surface area contributed by atoms with Gasteiger partial charge in [-0.1, -0.05) is 19.1 Å². The number of ether oxygens (including phenoxy) is 2. The Balaban J connectivity index is 1.70. The summed E-state index contributed by atoms with van der Waals surface area (Å²) < 4.78 is 9.87. The molecular formula is C19H26N2O4S. The van der Waals surface area contributed by atoms with E-state index in [1.165, 1.54) is 12.7 Å². The van der Waals surface area contributed by atoms with Crippen LogP contribution in [0.5, 0.6) is 5.75 Å². The summed E-state index contributed by atoms with van der Waals surface area (Å²) in [4.78, 5) is 15.4. The molecule has 0 amide bonds. The second-order valence-corrected chi connectivity index (χ2v) is 7.35. The molecule has 0 aliphatic rings. The number of carbonyl (C=O) groups is 1. The Morgan fingerprint density at radius 3 is 2.65 bits per heavy atom. The number of thiazole rings is 1. The fraction of sp³-hybridized carbons (Fsp3) is 0.474. The van der Waals surface area contributed by atoms with Gasteiger partial charge in [0.1, 0.15) is 11.9 Å². The highest BCUT2D eigenvalue weighted by atomic mass is 32.1. The van der Waals surface area contributed by atoms with Crippen LogP contribution in [0.15, 0.2) is 29.6 Å². The molecule has 1 heterocycles. The van der Waals surface area contributed by atoms with E-state index in [4.69, 9.17) is 4.74 Å². The van der Waals surface area contributed by atoms with Gasteiger partial charge >= 0.3 is 5.97 Å². The van der Waals surface area contributed by atoms with Gasteiger partial charge in [-0.3, -0.25) is 0 Å². The topological polar surface area (TPSA) is 80.7 Å². The SMILES string of the molecule is COC(=O)COc1ccc(CC(C)CNCC(O)c2csc(C)n2)cc1. The van der Waals surface area contributed by atoms with Crippen LogP contribution in [0.25, 0.3) is 0 Å². The van der Waals surface area contributed by atoms with Crippen molar-refractivity contribution in [3.63, 3.8) is 0 Å². The van der Waals surface area contributed by atoms with E-state index in [-0.39, 0.29) is 6.61 Å². The van der Waals surface area contributed by atoms with Crippen LogP contribution < -0.4 is 10.1 Å². The molecule has 2 aromatic rings. The van der Waals surface area contributed by atoms with Gasteiger partial charge in [-0.2, -0.15) is 0 Å². The van der Waals surface area contributed by atoms with Crippen LogP contribution >= 0.6 is 11.3 Å². The number of aromatic nitrogens is 1. The van der Waals surface area contributed by atoms with Crippen molar-refractivity contribution in [2.45, 2.75) is 26.4 Å². The number of nitrogens with zero attached hydrogens (tertiary/aromatic N) is 1. The van der Waals surface area contributed by atoms with Crippen LogP contribution in [0.3, 0.4) is 0 Å². The van der Waals surface area contributed by atoms with Gasteiger partial charge < -0.3 is 19.9 Å². The van der Waals surface area contributed by atoms with E-state index in [0.717, 1.165) is 23.7 Å². The highest BCUT2D eigenvalue weighted by molar-refractivity contribution is 7.09. The minimum Gasteiger partial charge on any atom is -0.482 e. The first-order chi connectivity index (χ1) is 12.5. The minimum atomic E-state index is -0.571. The maximum atomic E-state index is 11.1. The fourth-order valence-corrected chi connectivity index (χ4v) is 3.16. The van der Waals surface area contributed by atoms with Crippen LogP contribution in [0.2, 0.25) is 0 Å². The zero-order valence-electron chi connectivity index (χ0n) is 15.4. The van der Waals surface area contributed by atoms with Gasteiger partial charge in [0.2, 0.25) is 0 Å². The lowest BCUT2D eigenvalue weighted by Gasteiger charge is -2.15.